The van der Waals surface area contributed by atoms with Crippen molar-refractivity contribution in [2.75, 3.05) is 13.2 Å². The van der Waals surface area contributed by atoms with E-state index in [1.165, 1.54) is 44.9 Å². The molecule has 3 fully saturated rings. The molecule has 0 radical (unpaired) electrons. The second-order valence-electron chi connectivity index (χ2n) is 6.54. The van der Waals surface area contributed by atoms with Gasteiger partial charge in [-0.2, -0.15) is 0 Å². The number of nitrogens with zero attached hydrogens (tertiary/aromatic N) is 1. The van der Waals surface area contributed by atoms with Crippen molar-refractivity contribution < 1.29 is 14.6 Å². The Kier molecular flexibility index (Phi) is 3.81. The molecule has 2 aliphatic carbocycles. The van der Waals surface area contributed by atoms with Crippen LogP contribution in [0, 0.1) is 0 Å². The molecule has 1 unspecified atom stereocenters. The molecule has 1 aliphatic heterocycles. The van der Waals surface area contributed by atoms with Gasteiger partial charge in [-0.05, 0) is 38.5 Å². The summed E-state index contributed by atoms with van der Waals surface area (Å²) in [6.07, 6.45) is 10.6. The van der Waals surface area contributed by atoms with E-state index >= 15 is 0 Å². The maximum absolute atomic E-state index is 11.1. The molecule has 0 aromatic rings. The first-order valence-electron chi connectivity index (χ1n) is 7.80. The average Bonchev–Trinajstić information content (AvgIpc) is 3.21. The van der Waals surface area contributed by atoms with E-state index in [1.54, 1.807) is 0 Å². The molecule has 3 aliphatic rings. The van der Waals surface area contributed by atoms with Crippen molar-refractivity contribution in [2.24, 2.45) is 0 Å². The van der Waals surface area contributed by atoms with Gasteiger partial charge in [0.15, 0.2) is 0 Å². The van der Waals surface area contributed by atoms with Crippen molar-refractivity contribution >= 4 is 5.97 Å². The van der Waals surface area contributed by atoms with Crippen LogP contribution in [0.4, 0.5) is 0 Å². The number of ether oxygens (including phenoxy) is 1. The fourth-order valence-corrected chi connectivity index (χ4v) is 3.95. The summed E-state index contributed by atoms with van der Waals surface area (Å²) in [4.78, 5) is 13.3. The van der Waals surface area contributed by atoms with Crippen LogP contribution in [0.15, 0.2) is 0 Å². The smallest absolute Gasteiger partial charge is 0.317 e. The number of carbonyl (C=O) groups is 1. The number of hydrogen-bond acceptors (Lipinski definition) is 3. The Balaban J connectivity index is 1.66. The van der Waals surface area contributed by atoms with Crippen LogP contribution in [0.1, 0.15) is 57.8 Å². The maximum Gasteiger partial charge on any atom is 0.317 e. The van der Waals surface area contributed by atoms with Crippen LogP contribution in [0.5, 0.6) is 0 Å². The van der Waals surface area contributed by atoms with Crippen LogP contribution >= 0.6 is 0 Å². The van der Waals surface area contributed by atoms with Crippen LogP contribution < -0.4 is 0 Å². The Labute approximate surface area is 115 Å². The van der Waals surface area contributed by atoms with Crippen LogP contribution in [0.3, 0.4) is 0 Å². The van der Waals surface area contributed by atoms with Gasteiger partial charge in [-0.15, -0.1) is 0 Å². The highest BCUT2D eigenvalue weighted by Gasteiger charge is 2.43. The molecule has 108 valence electrons. The highest BCUT2D eigenvalue weighted by molar-refractivity contribution is 5.69. The molecule has 2 saturated carbocycles. The topological polar surface area (TPSA) is 49.8 Å². The zero-order valence-electron chi connectivity index (χ0n) is 11.6. The van der Waals surface area contributed by atoms with Gasteiger partial charge in [0, 0.05) is 18.7 Å². The summed E-state index contributed by atoms with van der Waals surface area (Å²) < 4.78 is 6.12. The molecule has 1 atom stereocenters. The molecule has 0 aromatic heterocycles. The van der Waals surface area contributed by atoms with Gasteiger partial charge in [-0.25, -0.2) is 0 Å². The minimum atomic E-state index is -0.684. The van der Waals surface area contributed by atoms with Crippen LogP contribution in [-0.2, 0) is 9.53 Å². The summed E-state index contributed by atoms with van der Waals surface area (Å²) in [7, 11) is 0. The van der Waals surface area contributed by atoms with E-state index in [0.29, 0.717) is 12.1 Å². The average molecular weight is 267 g/mol. The fourth-order valence-electron chi connectivity index (χ4n) is 3.95. The molecule has 1 N–H and O–H groups in total. The van der Waals surface area contributed by atoms with E-state index in [2.05, 4.69) is 4.90 Å². The van der Waals surface area contributed by atoms with Gasteiger partial charge in [-0.3, -0.25) is 9.69 Å². The Morgan fingerprint density at radius 3 is 2.53 bits per heavy atom. The van der Waals surface area contributed by atoms with Crippen molar-refractivity contribution in [3.63, 3.8) is 0 Å². The molecule has 1 spiro atoms. The number of aliphatic carboxylic acids is 1. The van der Waals surface area contributed by atoms with E-state index in [4.69, 9.17) is 9.84 Å². The fraction of sp³-hybridized carbons (Fsp3) is 0.933. The molecule has 4 heteroatoms. The monoisotopic (exact) mass is 267 g/mol. The quantitative estimate of drug-likeness (QED) is 0.850. The minimum absolute atomic E-state index is 0.0762. The SMILES string of the molecule is O=C(O)CN(C1CC1)C1CCOC2(CCCCC2)C1. The van der Waals surface area contributed by atoms with E-state index in [9.17, 15) is 4.79 Å². The number of hydrogen-bond donors (Lipinski definition) is 1. The van der Waals surface area contributed by atoms with E-state index in [0.717, 1.165) is 19.4 Å². The number of carboxylic acid groups (broad SMARTS) is 1. The van der Waals surface area contributed by atoms with Gasteiger partial charge in [0.1, 0.15) is 0 Å². The van der Waals surface area contributed by atoms with Gasteiger partial charge in [0.2, 0.25) is 0 Å². The number of rotatable bonds is 4. The van der Waals surface area contributed by atoms with Crippen molar-refractivity contribution in [3.8, 4) is 0 Å². The van der Waals surface area contributed by atoms with Crippen LogP contribution in [-0.4, -0.2) is 46.8 Å². The van der Waals surface area contributed by atoms with Crippen molar-refractivity contribution in [3.05, 3.63) is 0 Å². The molecule has 19 heavy (non-hydrogen) atoms. The predicted octanol–water partition coefficient (Wildman–Crippen LogP) is 2.42. The lowest BCUT2D eigenvalue weighted by molar-refractivity contribution is -0.145. The highest BCUT2D eigenvalue weighted by Crippen LogP contribution is 2.41. The van der Waals surface area contributed by atoms with Gasteiger partial charge in [-0.1, -0.05) is 19.3 Å². The first-order valence-corrected chi connectivity index (χ1v) is 7.80. The van der Waals surface area contributed by atoms with Crippen molar-refractivity contribution in [1.29, 1.82) is 0 Å². The van der Waals surface area contributed by atoms with Gasteiger partial charge in [0.25, 0.3) is 0 Å². The molecule has 0 bridgehead atoms. The number of carboxylic acids is 1. The third-order valence-electron chi connectivity index (χ3n) is 5.03. The molecule has 0 amide bonds. The van der Waals surface area contributed by atoms with Crippen LogP contribution in [0.2, 0.25) is 0 Å². The Morgan fingerprint density at radius 1 is 1.16 bits per heavy atom. The zero-order chi connectivity index (χ0) is 13.3. The predicted molar refractivity (Wildman–Crippen MR) is 72.2 cm³/mol. The molecule has 0 aromatic carbocycles. The Morgan fingerprint density at radius 2 is 1.89 bits per heavy atom. The first-order chi connectivity index (χ1) is 9.19. The van der Waals surface area contributed by atoms with Gasteiger partial charge >= 0.3 is 5.97 Å². The summed E-state index contributed by atoms with van der Waals surface area (Å²) in [6, 6.07) is 0.954. The molecule has 1 saturated heterocycles. The van der Waals surface area contributed by atoms with E-state index < -0.39 is 5.97 Å². The first kappa shape index (κ1) is 13.4. The molecular weight excluding hydrogens is 242 g/mol. The molecule has 1 heterocycles. The van der Waals surface area contributed by atoms with Gasteiger partial charge < -0.3 is 9.84 Å². The van der Waals surface area contributed by atoms with Crippen LogP contribution in [0.25, 0.3) is 0 Å². The Hall–Kier alpha value is -0.610. The van der Waals surface area contributed by atoms with Crippen molar-refractivity contribution in [1.82, 2.24) is 4.90 Å². The lowest BCUT2D eigenvalue weighted by atomic mass is 9.78. The van der Waals surface area contributed by atoms with E-state index in [-0.39, 0.29) is 12.1 Å². The van der Waals surface area contributed by atoms with E-state index in [1.807, 2.05) is 0 Å². The standard InChI is InChI=1S/C15H25NO3/c17-14(18)11-16(12-4-5-12)13-6-9-19-15(10-13)7-2-1-3-8-15/h12-13H,1-11H2,(H,17,18). The zero-order valence-corrected chi connectivity index (χ0v) is 11.6. The summed E-state index contributed by atoms with van der Waals surface area (Å²) in [5.74, 6) is -0.684. The normalized spacial score (nSPS) is 30.7. The van der Waals surface area contributed by atoms with Gasteiger partial charge in [0.05, 0.1) is 12.1 Å². The second-order valence-corrected chi connectivity index (χ2v) is 6.54. The largest absolute Gasteiger partial charge is 0.480 e. The summed E-state index contributed by atoms with van der Waals surface area (Å²) in [5, 5.41) is 9.12. The maximum atomic E-state index is 11.1. The lowest BCUT2D eigenvalue weighted by Crippen LogP contribution is -2.51. The minimum Gasteiger partial charge on any atom is -0.480 e. The lowest BCUT2D eigenvalue weighted by Gasteiger charge is -2.46. The molecular formula is C15H25NO3. The third kappa shape index (κ3) is 3.11. The summed E-state index contributed by atoms with van der Waals surface area (Å²) >= 11 is 0. The summed E-state index contributed by atoms with van der Waals surface area (Å²) in [5.41, 5.74) is 0.0762. The third-order valence-corrected chi connectivity index (χ3v) is 5.03. The second kappa shape index (κ2) is 5.41. The molecule has 3 rings (SSSR count). The molecule has 4 nitrogen and oxygen atoms in total. The highest BCUT2D eigenvalue weighted by atomic mass is 16.5. The summed E-state index contributed by atoms with van der Waals surface area (Å²) in [6.45, 7) is 1.03. The Bertz CT molecular complexity index is 329. The van der Waals surface area contributed by atoms with Crippen molar-refractivity contribution in [2.45, 2.75) is 75.5 Å².